The molecule has 1 aliphatic rings. The lowest BCUT2D eigenvalue weighted by atomic mass is 10.2. The van der Waals surface area contributed by atoms with Crippen molar-refractivity contribution >= 4 is 26.3 Å². The molecule has 0 unspecified atom stereocenters. The van der Waals surface area contributed by atoms with Gasteiger partial charge in [-0.15, -0.1) is 10.2 Å². The van der Waals surface area contributed by atoms with Gasteiger partial charge >= 0.3 is 0 Å². The van der Waals surface area contributed by atoms with E-state index in [1.54, 1.807) is 12.1 Å². The third-order valence-corrected chi connectivity index (χ3v) is 6.36. The summed E-state index contributed by atoms with van der Waals surface area (Å²) in [6.45, 7) is 1.88. The van der Waals surface area contributed by atoms with Crippen LogP contribution in [0, 0.1) is 0 Å². The van der Waals surface area contributed by atoms with Crippen molar-refractivity contribution in [3.8, 4) is 0 Å². The Balaban J connectivity index is 1.81. The predicted molar refractivity (Wildman–Crippen MR) is 78.7 cm³/mol. The van der Waals surface area contributed by atoms with Gasteiger partial charge in [0.05, 0.1) is 5.75 Å². The molecule has 0 spiro atoms. The van der Waals surface area contributed by atoms with Crippen molar-refractivity contribution in [3.63, 3.8) is 0 Å². The van der Waals surface area contributed by atoms with E-state index in [1.165, 1.54) is 11.3 Å². The van der Waals surface area contributed by atoms with Crippen molar-refractivity contribution in [2.45, 2.75) is 22.9 Å². The van der Waals surface area contributed by atoms with Crippen LogP contribution in [0.3, 0.4) is 0 Å². The Labute approximate surface area is 122 Å². The lowest BCUT2D eigenvalue weighted by Crippen LogP contribution is -2.17. The van der Waals surface area contributed by atoms with E-state index in [-0.39, 0.29) is 10.1 Å². The second-order valence-electron chi connectivity index (χ2n) is 4.79. The monoisotopic (exact) mass is 309 g/mol. The Morgan fingerprint density at radius 1 is 1.10 bits per heavy atom. The van der Waals surface area contributed by atoms with Crippen LogP contribution < -0.4 is 4.90 Å². The minimum absolute atomic E-state index is 0.0253. The SMILES string of the molecule is O=S(=O)(Cc1ccccc1)c1nnc(N2CCCC2)s1. The van der Waals surface area contributed by atoms with Gasteiger partial charge in [0.25, 0.3) is 0 Å². The molecule has 1 aliphatic heterocycles. The average Bonchev–Trinajstić information content (AvgIpc) is 3.11. The summed E-state index contributed by atoms with van der Waals surface area (Å²) in [5, 5.41) is 8.61. The topological polar surface area (TPSA) is 63.2 Å². The number of nitrogens with zero attached hydrogens (tertiary/aromatic N) is 3. The summed E-state index contributed by atoms with van der Waals surface area (Å²) < 4.78 is 24.8. The van der Waals surface area contributed by atoms with E-state index in [2.05, 4.69) is 15.1 Å². The Morgan fingerprint density at radius 2 is 1.80 bits per heavy atom. The first-order valence-electron chi connectivity index (χ1n) is 6.50. The number of aromatic nitrogens is 2. The Bertz CT molecular complexity index is 677. The molecule has 0 N–H and O–H groups in total. The zero-order valence-corrected chi connectivity index (χ0v) is 12.5. The molecule has 1 aromatic heterocycles. The molecule has 0 aliphatic carbocycles. The summed E-state index contributed by atoms with van der Waals surface area (Å²) in [6, 6.07) is 9.15. The smallest absolute Gasteiger partial charge is 0.234 e. The van der Waals surface area contributed by atoms with Gasteiger partial charge in [0.15, 0.2) is 0 Å². The van der Waals surface area contributed by atoms with E-state index in [0.29, 0.717) is 5.13 Å². The number of benzene rings is 1. The summed E-state index contributed by atoms with van der Waals surface area (Å²) in [7, 11) is -3.40. The molecule has 1 aromatic carbocycles. The molecule has 2 aromatic rings. The molecule has 0 saturated carbocycles. The lowest BCUT2D eigenvalue weighted by molar-refractivity contribution is 0.593. The lowest BCUT2D eigenvalue weighted by Gasteiger charge is -2.10. The van der Waals surface area contributed by atoms with Crippen LogP contribution in [0.2, 0.25) is 0 Å². The van der Waals surface area contributed by atoms with Crippen LogP contribution >= 0.6 is 11.3 Å². The van der Waals surface area contributed by atoms with Crippen LogP contribution in [0.5, 0.6) is 0 Å². The first-order valence-corrected chi connectivity index (χ1v) is 8.97. The van der Waals surface area contributed by atoms with E-state index in [1.807, 2.05) is 18.2 Å². The fourth-order valence-electron chi connectivity index (χ4n) is 2.22. The van der Waals surface area contributed by atoms with Crippen molar-refractivity contribution < 1.29 is 8.42 Å². The summed E-state index contributed by atoms with van der Waals surface area (Å²) in [6.07, 6.45) is 2.26. The molecule has 1 saturated heterocycles. The average molecular weight is 309 g/mol. The van der Waals surface area contributed by atoms with Gasteiger partial charge in [0.1, 0.15) is 0 Å². The van der Waals surface area contributed by atoms with Gasteiger partial charge in [0.2, 0.25) is 19.3 Å². The first-order chi connectivity index (χ1) is 9.65. The fraction of sp³-hybridized carbons (Fsp3) is 0.385. The summed E-state index contributed by atoms with van der Waals surface area (Å²) in [5.41, 5.74) is 0.769. The zero-order chi connectivity index (χ0) is 14.0. The summed E-state index contributed by atoms with van der Waals surface area (Å²) in [5.74, 6) is -0.0253. The van der Waals surface area contributed by atoms with E-state index >= 15 is 0 Å². The third-order valence-electron chi connectivity index (χ3n) is 3.24. The molecule has 0 bridgehead atoms. The number of hydrogen-bond acceptors (Lipinski definition) is 6. The Morgan fingerprint density at radius 3 is 2.50 bits per heavy atom. The zero-order valence-electron chi connectivity index (χ0n) is 10.9. The first kappa shape index (κ1) is 13.5. The number of hydrogen-bond donors (Lipinski definition) is 0. The highest BCUT2D eigenvalue weighted by Gasteiger charge is 2.24. The number of rotatable bonds is 4. The van der Waals surface area contributed by atoms with Gasteiger partial charge in [0, 0.05) is 13.1 Å². The molecule has 0 atom stereocenters. The van der Waals surface area contributed by atoms with Crippen molar-refractivity contribution in [2.75, 3.05) is 18.0 Å². The highest BCUT2D eigenvalue weighted by atomic mass is 32.2. The van der Waals surface area contributed by atoms with Gasteiger partial charge in [-0.1, -0.05) is 41.7 Å². The summed E-state index contributed by atoms with van der Waals surface area (Å²) >= 11 is 1.17. The normalized spacial score (nSPS) is 15.7. The predicted octanol–water partition coefficient (Wildman–Crippen LogP) is 2.11. The second kappa shape index (κ2) is 5.49. The van der Waals surface area contributed by atoms with Gasteiger partial charge in [-0.3, -0.25) is 0 Å². The van der Waals surface area contributed by atoms with Crippen molar-refractivity contribution in [3.05, 3.63) is 35.9 Å². The van der Waals surface area contributed by atoms with Crippen molar-refractivity contribution in [2.24, 2.45) is 0 Å². The van der Waals surface area contributed by atoms with E-state index < -0.39 is 9.84 Å². The highest BCUT2D eigenvalue weighted by Crippen LogP contribution is 2.28. The van der Waals surface area contributed by atoms with Gasteiger partial charge in [-0.2, -0.15) is 0 Å². The quantitative estimate of drug-likeness (QED) is 0.865. The minimum atomic E-state index is -3.40. The molecule has 106 valence electrons. The summed E-state index contributed by atoms with van der Waals surface area (Å²) in [4.78, 5) is 2.10. The molecule has 0 radical (unpaired) electrons. The van der Waals surface area contributed by atoms with Crippen LogP contribution in [0.4, 0.5) is 5.13 Å². The highest BCUT2D eigenvalue weighted by molar-refractivity contribution is 7.92. The molecular weight excluding hydrogens is 294 g/mol. The Hall–Kier alpha value is -1.47. The fourth-order valence-corrected chi connectivity index (χ4v) is 4.68. The van der Waals surface area contributed by atoms with Crippen LogP contribution in [0.25, 0.3) is 0 Å². The molecule has 1 fully saturated rings. The van der Waals surface area contributed by atoms with Gasteiger partial charge in [-0.05, 0) is 18.4 Å². The maximum atomic E-state index is 12.3. The molecule has 0 amide bonds. The van der Waals surface area contributed by atoms with Crippen LogP contribution in [0.15, 0.2) is 34.7 Å². The molecule has 7 heteroatoms. The van der Waals surface area contributed by atoms with Crippen molar-refractivity contribution in [1.82, 2.24) is 10.2 Å². The standard InChI is InChI=1S/C13H15N3O2S2/c17-20(18,10-11-6-2-1-3-7-11)13-15-14-12(19-13)16-8-4-5-9-16/h1-3,6-7H,4-5,8-10H2. The van der Waals surface area contributed by atoms with E-state index in [4.69, 9.17) is 0 Å². The molecule has 3 rings (SSSR count). The van der Waals surface area contributed by atoms with Crippen LogP contribution in [-0.2, 0) is 15.6 Å². The van der Waals surface area contributed by atoms with Crippen LogP contribution in [0.1, 0.15) is 18.4 Å². The largest absolute Gasteiger partial charge is 0.347 e. The maximum Gasteiger partial charge on any atom is 0.234 e. The minimum Gasteiger partial charge on any atom is -0.347 e. The van der Waals surface area contributed by atoms with E-state index in [0.717, 1.165) is 31.5 Å². The number of anilines is 1. The van der Waals surface area contributed by atoms with Crippen LogP contribution in [-0.4, -0.2) is 31.7 Å². The molecule has 2 heterocycles. The van der Waals surface area contributed by atoms with Gasteiger partial charge < -0.3 is 4.90 Å². The van der Waals surface area contributed by atoms with Gasteiger partial charge in [-0.25, -0.2) is 8.42 Å². The molecular formula is C13H15N3O2S2. The molecule has 20 heavy (non-hydrogen) atoms. The maximum absolute atomic E-state index is 12.3. The number of sulfone groups is 1. The second-order valence-corrected chi connectivity index (χ2v) is 7.91. The third kappa shape index (κ3) is 2.83. The Kier molecular flexibility index (Phi) is 3.71. The van der Waals surface area contributed by atoms with Crippen molar-refractivity contribution in [1.29, 1.82) is 0 Å². The molecule has 5 nitrogen and oxygen atoms in total. The van der Waals surface area contributed by atoms with E-state index in [9.17, 15) is 8.42 Å².